The fourth-order valence-electron chi connectivity index (χ4n) is 4.97. The van der Waals surface area contributed by atoms with Crippen molar-refractivity contribution in [2.45, 2.75) is 69.5 Å². The van der Waals surface area contributed by atoms with Crippen LogP contribution in [0.25, 0.3) is 0 Å². The quantitative estimate of drug-likeness (QED) is 0.557. The molecule has 156 valence electrons. The van der Waals surface area contributed by atoms with Gasteiger partial charge in [-0.3, -0.25) is 4.90 Å². The highest BCUT2D eigenvalue weighted by molar-refractivity contribution is 7.88. The lowest BCUT2D eigenvalue weighted by atomic mass is 9.76. The molecule has 0 saturated heterocycles. The molecule has 0 bridgehead atoms. The Morgan fingerprint density at radius 3 is 2.25 bits per heavy atom. The van der Waals surface area contributed by atoms with Crippen LogP contribution in [0.1, 0.15) is 62.6 Å². The number of hydrogen-bond acceptors (Lipinski definition) is 4. The molecule has 1 aliphatic heterocycles. The Morgan fingerprint density at radius 1 is 1.18 bits per heavy atom. The van der Waals surface area contributed by atoms with E-state index < -0.39 is 38.5 Å². The SMILES string of the molecule is Cc1cc(OS(=O)(=O)C(F)(F)F)cc2c1C(C)(C)N(C(=O)O)C21CCCCC1. The maximum Gasteiger partial charge on any atom is 0.534 e. The second-order valence-electron chi connectivity index (χ2n) is 7.92. The maximum absolute atomic E-state index is 12.7. The molecular weight excluding hydrogens is 399 g/mol. The monoisotopic (exact) mass is 421 g/mol. The molecule has 6 nitrogen and oxygen atoms in total. The molecule has 0 aromatic heterocycles. The molecular formula is C18H22F3NO5S. The van der Waals surface area contributed by atoms with Gasteiger partial charge in [0.25, 0.3) is 0 Å². The van der Waals surface area contributed by atoms with Crippen molar-refractivity contribution in [1.82, 2.24) is 4.90 Å². The number of amides is 1. The zero-order valence-electron chi connectivity index (χ0n) is 15.8. The van der Waals surface area contributed by atoms with Gasteiger partial charge in [0, 0.05) is 0 Å². The van der Waals surface area contributed by atoms with E-state index in [2.05, 4.69) is 4.18 Å². The number of nitrogens with zero attached hydrogens (tertiary/aromatic N) is 1. The molecule has 2 aliphatic rings. The highest BCUT2D eigenvalue weighted by atomic mass is 32.2. The predicted octanol–water partition coefficient (Wildman–Crippen LogP) is 4.61. The lowest BCUT2D eigenvalue weighted by molar-refractivity contribution is -0.0500. The van der Waals surface area contributed by atoms with Gasteiger partial charge in [-0.15, -0.1) is 0 Å². The minimum atomic E-state index is -5.82. The first-order valence-electron chi connectivity index (χ1n) is 8.94. The Labute approximate surface area is 161 Å². The lowest BCUT2D eigenvalue weighted by Crippen LogP contribution is -2.52. The molecule has 0 atom stereocenters. The van der Waals surface area contributed by atoms with E-state index in [9.17, 15) is 31.5 Å². The molecule has 10 heteroatoms. The van der Waals surface area contributed by atoms with Crippen LogP contribution >= 0.6 is 0 Å². The summed E-state index contributed by atoms with van der Waals surface area (Å²) in [5.74, 6) is -0.457. The van der Waals surface area contributed by atoms with Crippen LogP contribution in [-0.4, -0.2) is 30.0 Å². The molecule has 1 heterocycles. The van der Waals surface area contributed by atoms with E-state index in [4.69, 9.17) is 0 Å². The smallest absolute Gasteiger partial charge is 0.465 e. The highest BCUT2D eigenvalue weighted by Crippen LogP contribution is 2.57. The minimum absolute atomic E-state index is 0.457. The molecule has 1 saturated carbocycles. The third kappa shape index (κ3) is 2.92. The van der Waals surface area contributed by atoms with Crippen molar-refractivity contribution < 1.29 is 35.7 Å². The number of aryl methyl sites for hydroxylation is 1. The number of halogens is 3. The summed E-state index contributed by atoms with van der Waals surface area (Å²) in [4.78, 5) is 13.5. The average Bonchev–Trinajstić information content (AvgIpc) is 2.70. The van der Waals surface area contributed by atoms with Gasteiger partial charge >= 0.3 is 21.7 Å². The van der Waals surface area contributed by atoms with E-state index in [-0.39, 0.29) is 0 Å². The van der Waals surface area contributed by atoms with Gasteiger partial charge in [-0.05, 0) is 62.4 Å². The first kappa shape index (κ1) is 20.8. The lowest BCUT2D eigenvalue weighted by Gasteiger charge is -2.45. The van der Waals surface area contributed by atoms with Gasteiger partial charge in [-0.2, -0.15) is 21.6 Å². The molecule has 28 heavy (non-hydrogen) atoms. The van der Waals surface area contributed by atoms with Crippen LogP contribution in [-0.2, 0) is 21.2 Å². The zero-order chi connectivity index (χ0) is 21.1. The van der Waals surface area contributed by atoms with E-state index in [1.54, 1.807) is 20.8 Å². The van der Waals surface area contributed by atoms with Gasteiger partial charge in [-0.25, -0.2) is 4.79 Å². The summed E-state index contributed by atoms with van der Waals surface area (Å²) in [5.41, 5.74) is -5.66. The minimum Gasteiger partial charge on any atom is -0.465 e. The summed E-state index contributed by atoms with van der Waals surface area (Å²) >= 11 is 0. The van der Waals surface area contributed by atoms with Crippen LogP contribution in [0.3, 0.4) is 0 Å². The van der Waals surface area contributed by atoms with Gasteiger partial charge in [0.15, 0.2) is 0 Å². The van der Waals surface area contributed by atoms with Gasteiger partial charge in [0.2, 0.25) is 0 Å². The first-order valence-corrected chi connectivity index (χ1v) is 10.3. The number of carbonyl (C=O) groups is 1. The third-order valence-corrected chi connectivity index (χ3v) is 6.75. The van der Waals surface area contributed by atoms with Gasteiger partial charge < -0.3 is 9.29 Å². The molecule has 1 amide bonds. The summed E-state index contributed by atoms with van der Waals surface area (Å²) in [5, 5.41) is 9.94. The van der Waals surface area contributed by atoms with Gasteiger partial charge in [-0.1, -0.05) is 19.3 Å². The maximum atomic E-state index is 12.7. The second kappa shape index (κ2) is 6.27. The molecule has 3 rings (SSSR count). The molecule has 0 unspecified atom stereocenters. The van der Waals surface area contributed by atoms with Crippen LogP contribution in [0.4, 0.5) is 18.0 Å². The van der Waals surface area contributed by atoms with Crippen molar-refractivity contribution in [1.29, 1.82) is 0 Å². The van der Waals surface area contributed by atoms with Crippen molar-refractivity contribution in [2.24, 2.45) is 0 Å². The largest absolute Gasteiger partial charge is 0.534 e. The Morgan fingerprint density at radius 2 is 1.75 bits per heavy atom. The molecule has 1 aliphatic carbocycles. The highest BCUT2D eigenvalue weighted by Gasteiger charge is 2.57. The molecule has 1 N–H and O–H groups in total. The van der Waals surface area contributed by atoms with E-state index in [1.165, 1.54) is 17.0 Å². The van der Waals surface area contributed by atoms with E-state index in [0.717, 1.165) is 19.3 Å². The van der Waals surface area contributed by atoms with E-state index >= 15 is 0 Å². The Hall–Kier alpha value is -1.97. The number of alkyl halides is 3. The van der Waals surface area contributed by atoms with Crippen LogP contribution in [0.15, 0.2) is 12.1 Å². The third-order valence-electron chi connectivity index (χ3n) is 5.77. The number of benzene rings is 1. The predicted molar refractivity (Wildman–Crippen MR) is 94.4 cm³/mol. The number of fused-ring (bicyclic) bond motifs is 2. The molecule has 1 fully saturated rings. The zero-order valence-corrected chi connectivity index (χ0v) is 16.6. The van der Waals surface area contributed by atoms with Crippen LogP contribution in [0.2, 0.25) is 0 Å². The van der Waals surface area contributed by atoms with E-state index in [1.807, 2.05) is 0 Å². The van der Waals surface area contributed by atoms with Crippen molar-refractivity contribution in [3.8, 4) is 5.75 Å². The average molecular weight is 421 g/mol. The number of rotatable bonds is 2. The normalized spacial score (nSPS) is 20.9. The Kier molecular flexibility index (Phi) is 4.64. The van der Waals surface area contributed by atoms with Crippen LogP contribution < -0.4 is 4.18 Å². The topological polar surface area (TPSA) is 83.9 Å². The first-order chi connectivity index (χ1) is 12.7. The van der Waals surface area contributed by atoms with Crippen molar-refractivity contribution in [3.63, 3.8) is 0 Å². The fraction of sp³-hybridized carbons (Fsp3) is 0.611. The summed E-state index contributed by atoms with van der Waals surface area (Å²) in [6, 6.07) is 2.48. The van der Waals surface area contributed by atoms with Gasteiger partial charge in [0.05, 0.1) is 11.1 Å². The number of hydrogen-bond donors (Lipinski definition) is 1. The van der Waals surface area contributed by atoms with Crippen LogP contribution in [0, 0.1) is 6.92 Å². The molecule has 1 aromatic rings. The summed E-state index contributed by atoms with van der Waals surface area (Å²) in [7, 11) is -5.82. The van der Waals surface area contributed by atoms with Crippen LogP contribution in [0.5, 0.6) is 5.75 Å². The van der Waals surface area contributed by atoms with Gasteiger partial charge in [0.1, 0.15) is 5.75 Å². The summed E-state index contributed by atoms with van der Waals surface area (Å²) in [6.45, 7) is 5.13. The molecule has 1 spiro atoms. The van der Waals surface area contributed by atoms with Crippen molar-refractivity contribution >= 4 is 16.2 Å². The molecule has 1 aromatic carbocycles. The van der Waals surface area contributed by atoms with E-state index in [0.29, 0.717) is 29.5 Å². The Bertz CT molecular complexity index is 918. The Balaban J connectivity index is 2.21. The summed E-state index contributed by atoms with van der Waals surface area (Å²) < 4.78 is 65.5. The standard InChI is InChI=1S/C18H22F3NO5S/c1-11-9-12(27-28(25,26)18(19,20)21)10-13-14(11)16(2,3)22(15(23)24)17(13)7-5-4-6-8-17/h9-10H,4-8H2,1-3H3,(H,23,24). The summed E-state index contributed by atoms with van der Waals surface area (Å²) in [6.07, 6.45) is 2.39. The number of carboxylic acid groups (broad SMARTS) is 1. The van der Waals surface area contributed by atoms with Crippen molar-refractivity contribution in [3.05, 3.63) is 28.8 Å². The van der Waals surface area contributed by atoms with Crippen molar-refractivity contribution in [2.75, 3.05) is 0 Å². The fourth-order valence-corrected chi connectivity index (χ4v) is 5.42. The molecule has 0 radical (unpaired) electrons. The second-order valence-corrected chi connectivity index (χ2v) is 9.45.